The SMILES string of the molecule is N=C1C(=N)C2=C(C=C1c1ccc3ccc4c(c3n1)NC(c1ccccc1)C=C4)C(c1ccccc1)Nc1ccccc12. The smallest absolute Gasteiger partial charge is 0.0947 e. The molecule has 0 saturated heterocycles. The fraction of sp³-hybridized carbons (Fsp3) is 0.0541. The van der Waals surface area contributed by atoms with Gasteiger partial charge >= 0.3 is 0 Å². The van der Waals surface area contributed by atoms with E-state index in [1.807, 2.05) is 54.6 Å². The first-order valence-corrected chi connectivity index (χ1v) is 14.1. The van der Waals surface area contributed by atoms with Crippen molar-refractivity contribution < 1.29 is 0 Å². The van der Waals surface area contributed by atoms with Crippen molar-refractivity contribution in [2.24, 2.45) is 0 Å². The molecule has 3 heterocycles. The van der Waals surface area contributed by atoms with Gasteiger partial charge in [0.05, 0.1) is 40.4 Å². The standard InChI is InChI=1S/C37H27N5/c38-33-27(21-28-32(34(33)39)26-13-7-8-14-30(26)41-35(28)23-11-5-2-6-12-23)31-20-18-25-16-15-24-17-19-29(22-9-3-1-4-10-22)40-36(24)37(25)42-31/h1-21,29,35,38-41H. The number of hydrogen-bond donors (Lipinski definition) is 4. The van der Waals surface area contributed by atoms with Crippen molar-refractivity contribution in [2.75, 3.05) is 10.6 Å². The molecule has 1 aromatic heterocycles. The Morgan fingerprint density at radius 3 is 2.19 bits per heavy atom. The lowest BCUT2D eigenvalue weighted by Crippen LogP contribution is -2.29. The summed E-state index contributed by atoms with van der Waals surface area (Å²) in [6, 6.07) is 36.9. The molecule has 1 aliphatic carbocycles. The zero-order valence-corrected chi connectivity index (χ0v) is 22.7. The fourth-order valence-corrected chi connectivity index (χ4v) is 6.30. The van der Waals surface area contributed by atoms with Crippen LogP contribution >= 0.6 is 0 Å². The predicted octanol–water partition coefficient (Wildman–Crippen LogP) is 8.47. The molecule has 3 aliphatic rings. The number of nitrogens with zero attached hydrogens (tertiary/aromatic N) is 1. The summed E-state index contributed by atoms with van der Waals surface area (Å²) in [7, 11) is 0. The normalized spacial score (nSPS) is 18.9. The van der Waals surface area contributed by atoms with Crippen LogP contribution in [0.15, 0.2) is 127 Å². The number of pyridine rings is 1. The minimum absolute atomic E-state index is 0.0443. The van der Waals surface area contributed by atoms with Crippen LogP contribution < -0.4 is 10.6 Å². The van der Waals surface area contributed by atoms with E-state index in [2.05, 4.69) is 83.5 Å². The highest BCUT2D eigenvalue weighted by atomic mass is 15.0. The first-order chi connectivity index (χ1) is 20.7. The summed E-state index contributed by atoms with van der Waals surface area (Å²) in [5, 5.41) is 26.8. The Morgan fingerprint density at radius 1 is 0.667 bits per heavy atom. The van der Waals surface area contributed by atoms with E-state index in [0.29, 0.717) is 11.3 Å². The van der Waals surface area contributed by atoms with Crippen LogP contribution in [0.1, 0.15) is 40.0 Å². The third kappa shape index (κ3) is 3.82. The van der Waals surface area contributed by atoms with Gasteiger partial charge < -0.3 is 10.6 Å². The van der Waals surface area contributed by atoms with Crippen molar-refractivity contribution in [3.63, 3.8) is 0 Å². The van der Waals surface area contributed by atoms with E-state index in [4.69, 9.17) is 10.4 Å². The summed E-state index contributed by atoms with van der Waals surface area (Å²) in [6.07, 6.45) is 6.40. The van der Waals surface area contributed by atoms with Gasteiger partial charge in [0.15, 0.2) is 0 Å². The van der Waals surface area contributed by atoms with Crippen LogP contribution in [0.25, 0.3) is 28.1 Å². The fourth-order valence-electron chi connectivity index (χ4n) is 6.30. The molecule has 2 aliphatic heterocycles. The van der Waals surface area contributed by atoms with Gasteiger partial charge in [-0.2, -0.15) is 0 Å². The topological polar surface area (TPSA) is 84.7 Å². The van der Waals surface area contributed by atoms with Gasteiger partial charge in [0, 0.05) is 27.8 Å². The van der Waals surface area contributed by atoms with E-state index < -0.39 is 0 Å². The van der Waals surface area contributed by atoms with Gasteiger partial charge in [0.25, 0.3) is 0 Å². The average Bonchev–Trinajstić information content (AvgIpc) is 3.06. The molecule has 0 saturated carbocycles. The molecule has 5 heteroatoms. The van der Waals surface area contributed by atoms with Crippen molar-refractivity contribution in [2.45, 2.75) is 12.1 Å². The average molecular weight is 542 g/mol. The third-order valence-corrected chi connectivity index (χ3v) is 8.40. The number of nitrogens with one attached hydrogen (secondary N) is 4. The molecule has 5 nitrogen and oxygen atoms in total. The summed E-state index contributed by atoms with van der Waals surface area (Å²) in [5.74, 6) is 0. The maximum absolute atomic E-state index is 9.22. The van der Waals surface area contributed by atoms with Gasteiger partial charge in [0.1, 0.15) is 0 Å². The van der Waals surface area contributed by atoms with E-state index in [1.54, 1.807) is 0 Å². The molecular weight excluding hydrogens is 514 g/mol. The van der Waals surface area contributed by atoms with Crippen LogP contribution in [-0.2, 0) is 0 Å². The number of rotatable bonds is 3. The minimum Gasteiger partial charge on any atom is -0.374 e. The third-order valence-electron chi connectivity index (χ3n) is 8.40. The molecule has 0 fully saturated rings. The molecule has 0 bridgehead atoms. The summed E-state index contributed by atoms with van der Waals surface area (Å²) < 4.78 is 0. The summed E-state index contributed by atoms with van der Waals surface area (Å²) in [5.41, 5.74) is 10.7. The van der Waals surface area contributed by atoms with Gasteiger partial charge in [-0.1, -0.05) is 109 Å². The Labute approximate surface area is 244 Å². The first kappa shape index (κ1) is 24.3. The van der Waals surface area contributed by atoms with E-state index in [1.165, 1.54) is 5.56 Å². The molecule has 8 rings (SSSR count). The van der Waals surface area contributed by atoms with Crippen LogP contribution in [0.4, 0.5) is 11.4 Å². The zero-order valence-electron chi connectivity index (χ0n) is 22.7. The number of hydrogen-bond acceptors (Lipinski definition) is 5. The van der Waals surface area contributed by atoms with Crippen LogP contribution in [0.2, 0.25) is 0 Å². The van der Waals surface area contributed by atoms with Crippen molar-refractivity contribution in [3.8, 4) is 0 Å². The Balaban J connectivity index is 1.28. The molecular formula is C37H27N5. The van der Waals surface area contributed by atoms with E-state index in [9.17, 15) is 5.41 Å². The van der Waals surface area contributed by atoms with Crippen molar-refractivity contribution in [3.05, 3.63) is 155 Å². The van der Waals surface area contributed by atoms with E-state index in [0.717, 1.165) is 50.1 Å². The minimum atomic E-state index is -0.147. The summed E-state index contributed by atoms with van der Waals surface area (Å²) in [6.45, 7) is 0. The highest BCUT2D eigenvalue weighted by Gasteiger charge is 2.35. The van der Waals surface area contributed by atoms with Crippen molar-refractivity contribution >= 4 is 50.9 Å². The van der Waals surface area contributed by atoms with Crippen LogP contribution in [0, 0.1) is 10.8 Å². The van der Waals surface area contributed by atoms with E-state index >= 15 is 0 Å². The highest BCUT2D eigenvalue weighted by Crippen LogP contribution is 2.45. The molecule has 42 heavy (non-hydrogen) atoms. The first-order valence-electron chi connectivity index (χ1n) is 14.1. The van der Waals surface area contributed by atoms with Gasteiger partial charge in [-0.25, -0.2) is 4.98 Å². The molecule has 5 aromatic rings. The van der Waals surface area contributed by atoms with Crippen LogP contribution in [-0.4, -0.2) is 16.4 Å². The lowest BCUT2D eigenvalue weighted by atomic mass is 9.77. The lowest BCUT2D eigenvalue weighted by molar-refractivity contribution is 0.930. The largest absolute Gasteiger partial charge is 0.374 e. The Hall–Kier alpha value is -5.55. The van der Waals surface area contributed by atoms with Gasteiger partial charge in [-0.05, 0) is 40.5 Å². The maximum Gasteiger partial charge on any atom is 0.0947 e. The Bertz CT molecular complexity index is 2020. The summed E-state index contributed by atoms with van der Waals surface area (Å²) >= 11 is 0. The monoisotopic (exact) mass is 541 g/mol. The quantitative estimate of drug-likeness (QED) is 0.173. The molecule has 4 N–H and O–H groups in total. The molecule has 0 radical (unpaired) electrons. The highest BCUT2D eigenvalue weighted by molar-refractivity contribution is 6.68. The Morgan fingerprint density at radius 2 is 1.38 bits per heavy atom. The number of allylic oxidation sites excluding steroid dienone is 2. The van der Waals surface area contributed by atoms with Gasteiger partial charge in [-0.15, -0.1) is 0 Å². The van der Waals surface area contributed by atoms with Crippen molar-refractivity contribution in [1.82, 2.24) is 4.98 Å². The van der Waals surface area contributed by atoms with Gasteiger partial charge in [0.2, 0.25) is 0 Å². The van der Waals surface area contributed by atoms with E-state index in [-0.39, 0.29) is 23.5 Å². The maximum atomic E-state index is 9.22. The zero-order chi connectivity index (χ0) is 28.2. The van der Waals surface area contributed by atoms with Gasteiger partial charge in [-0.3, -0.25) is 10.8 Å². The molecule has 0 amide bonds. The second-order valence-electron chi connectivity index (χ2n) is 10.9. The number of aromatic nitrogens is 1. The Kier molecular flexibility index (Phi) is 5.50. The molecule has 4 aromatic carbocycles. The lowest BCUT2D eigenvalue weighted by Gasteiger charge is -2.34. The van der Waals surface area contributed by atoms with Crippen molar-refractivity contribution in [1.29, 1.82) is 10.8 Å². The second-order valence-corrected chi connectivity index (χ2v) is 10.9. The number of fused-ring (bicyclic) bond motifs is 5. The molecule has 200 valence electrons. The van der Waals surface area contributed by atoms with Crippen LogP contribution in [0.5, 0.6) is 0 Å². The number of benzene rings is 4. The molecule has 2 unspecified atom stereocenters. The molecule has 0 spiro atoms. The number of para-hydroxylation sites is 1. The summed E-state index contributed by atoms with van der Waals surface area (Å²) in [4.78, 5) is 5.16. The van der Waals surface area contributed by atoms with Crippen LogP contribution in [0.3, 0.4) is 0 Å². The predicted molar refractivity (Wildman–Crippen MR) is 173 cm³/mol. The number of anilines is 2. The molecule has 2 atom stereocenters. The second kappa shape index (κ2) is 9.53.